The molecule has 0 unspecified atom stereocenters. The molecule has 144 valence electrons. The lowest BCUT2D eigenvalue weighted by atomic mass is 10.1. The van der Waals surface area contributed by atoms with E-state index in [9.17, 15) is 9.59 Å². The first kappa shape index (κ1) is 19.0. The van der Waals surface area contributed by atoms with Crippen molar-refractivity contribution in [1.29, 1.82) is 0 Å². The van der Waals surface area contributed by atoms with Crippen molar-refractivity contribution in [2.45, 2.75) is 6.61 Å². The van der Waals surface area contributed by atoms with E-state index in [0.29, 0.717) is 33.7 Å². The molecule has 0 radical (unpaired) electrons. The van der Waals surface area contributed by atoms with Crippen molar-refractivity contribution in [2.75, 3.05) is 20.0 Å². The molecule has 1 aromatic heterocycles. The fourth-order valence-electron chi connectivity index (χ4n) is 2.64. The number of nitrogens with two attached hydrogens (primary N) is 1. The Hall–Kier alpha value is -3.74. The smallest absolute Gasteiger partial charge is 0.336 e. The summed E-state index contributed by atoms with van der Waals surface area (Å²) in [5.74, 6) is 0.358. The second kappa shape index (κ2) is 8.30. The molecule has 0 aliphatic heterocycles. The normalized spacial score (nSPS) is 10.9. The van der Waals surface area contributed by atoms with Gasteiger partial charge >= 0.3 is 11.6 Å². The van der Waals surface area contributed by atoms with Crippen LogP contribution in [0, 0.1) is 0 Å². The van der Waals surface area contributed by atoms with Crippen molar-refractivity contribution in [2.24, 2.45) is 0 Å². The van der Waals surface area contributed by atoms with Crippen molar-refractivity contribution in [3.63, 3.8) is 0 Å². The second-order valence-corrected chi connectivity index (χ2v) is 5.90. The third-order valence-electron chi connectivity index (χ3n) is 4.05. The van der Waals surface area contributed by atoms with E-state index in [4.69, 9.17) is 24.4 Å². The molecule has 0 amide bonds. The van der Waals surface area contributed by atoms with Gasteiger partial charge in [-0.05, 0) is 29.8 Å². The van der Waals surface area contributed by atoms with Crippen LogP contribution in [0.4, 0.5) is 5.69 Å². The molecule has 7 nitrogen and oxygen atoms in total. The van der Waals surface area contributed by atoms with E-state index in [1.807, 2.05) is 0 Å². The highest BCUT2D eigenvalue weighted by Gasteiger charge is 2.13. The Kier molecular flexibility index (Phi) is 5.64. The van der Waals surface area contributed by atoms with E-state index in [2.05, 4.69) is 0 Å². The minimum Gasteiger partial charge on any atom is -0.493 e. The minimum absolute atomic E-state index is 0.0947. The molecule has 0 atom stereocenters. The van der Waals surface area contributed by atoms with Crippen LogP contribution in [-0.2, 0) is 16.1 Å². The van der Waals surface area contributed by atoms with E-state index in [1.165, 1.54) is 26.4 Å². The second-order valence-electron chi connectivity index (χ2n) is 5.90. The standard InChI is InChI=1S/C21H19NO6/c1-25-18-10-16-14(9-21(24)28-17(16)11-19(18)26-2)12-27-20(23)8-5-13-3-6-15(22)7-4-13/h3-11H,12,22H2,1-2H3/b8-5+. The summed E-state index contributed by atoms with van der Waals surface area (Å²) in [4.78, 5) is 23.9. The highest BCUT2D eigenvalue weighted by molar-refractivity contribution is 5.88. The van der Waals surface area contributed by atoms with Crippen LogP contribution in [0.1, 0.15) is 11.1 Å². The van der Waals surface area contributed by atoms with Crippen molar-refractivity contribution in [1.82, 2.24) is 0 Å². The number of hydrogen-bond acceptors (Lipinski definition) is 7. The Labute approximate surface area is 160 Å². The fraction of sp³-hybridized carbons (Fsp3) is 0.143. The predicted molar refractivity (Wildman–Crippen MR) is 105 cm³/mol. The van der Waals surface area contributed by atoms with Gasteiger partial charge in [-0.2, -0.15) is 0 Å². The van der Waals surface area contributed by atoms with E-state index < -0.39 is 11.6 Å². The number of carbonyl (C=O) groups excluding carboxylic acids is 1. The zero-order chi connectivity index (χ0) is 20.1. The monoisotopic (exact) mass is 381 g/mol. The Morgan fingerprint density at radius 3 is 2.43 bits per heavy atom. The first-order chi connectivity index (χ1) is 13.5. The minimum atomic E-state index is -0.553. The van der Waals surface area contributed by atoms with Crippen LogP contribution in [0.15, 0.2) is 57.8 Å². The molecule has 0 spiro atoms. The largest absolute Gasteiger partial charge is 0.493 e. The Morgan fingerprint density at radius 2 is 1.75 bits per heavy atom. The van der Waals surface area contributed by atoms with E-state index in [0.717, 1.165) is 5.56 Å². The summed E-state index contributed by atoms with van der Waals surface area (Å²) in [7, 11) is 2.99. The van der Waals surface area contributed by atoms with Gasteiger partial charge in [0.25, 0.3) is 0 Å². The number of nitrogen functional groups attached to an aromatic ring is 1. The Balaban J connectivity index is 1.80. The summed E-state index contributed by atoms with van der Waals surface area (Å²) in [6, 6.07) is 11.6. The SMILES string of the molecule is COc1cc2oc(=O)cc(COC(=O)/C=C/c3ccc(N)cc3)c2cc1OC. The lowest BCUT2D eigenvalue weighted by molar-refractivity contribution is -0.138. The van der Waals surface area contributed by atoms with Crippen molar-refractivity contribution >= 4 is 28.7 Å². The topological polar surface area (TPSA) is 101 Å². The first-order valence-corrected chi connectivity index (χ1v) is 8.39. The molecule has 3 aromatic rings. The highest BCUT2D eigenvalue weighted by atomic mass is 16.5. The molecular weight excluding hydrogens is 362 g/mol. The average Bonchev–Trinajstić information content (AvgIpc) is 2.70. The molecule has 0 aliphatic rings. The van der Waals surface area contributed by atoms with Crippen LogP contribution in [0.3, 0.4) is 0 Å². The Bertz CT molecular complexity index is 1080. The Morgan fingerprint density at radius 1 is 1.07 bits per heavy atom. The molecule has 2 N–H and O–H groups in total. The molecule has 0 bridgehead atoms. The van der Waals surface area contributed by atoms with E-state index in [-0.39, 0.29) is 6.61 Å². The van der Waals surface area contributed by atoms with Crippen LogP contribution in [0.25, 0.3) is 17.0 Å². The van der Waals surface area contributed by atoms with Crippen LogP contribution in [-0.4, -0.2) is 20.2 Å². The number of esters is 1. The number of ether oxygens (including phenoxy) is 3. The van der Waals surface area contributed by atoms with Crippen LogP contribution < -0.4 is 20.8 Å². The predicted octanol–water partition coefficient (Wildman–Crippen LogP) is 3.15. The van der Waals surface area contributed by atoms with Gasteiger partial charge in [-0.25, -0.2) is 9.59 Å². The number of rotatable bonds is 6. The maximum absolute atomic E-state index is 12.0. The molecule has 28 heavy (non-hydrogen) atoms. The molecule has 3 rings (SSSR count). The van der Waals surface area contributed by atoms with E-state index in [1.54, 1.807) is 42.5 Å². The molecule has 1 heterocycles. The van der Waals surface area contributed by atoms with Gasteiger partial charge in [-0.1, -0.05) is 12.1 Å². The van der Waals surface area contributed by atoms with Crippen molar-refractivity contribution in [3.05, 3.63) is 70.1 Å². The summed E-state index contributed by atoms with van der Waals surface area (Å²) in [6.45, 7) is -0.0947. The van der Waals surface area contributed by atoms with Gasteiger partial charge in [0.1, 0.15) is 12.2 Å². The van der Waals surface area contributed by atoms with E-state index >= 15 is 0 Å². The molecule has 0 fully saturated rings. The van der Waals surface area contributed by atoms with Gasteiger partial charge in [0.15, 0.2) is 11.5 Å². The van der Waals surface area contributed by atoms with Gasteiger partial charge in [0, 0.05) is 34.8 Å². The fourth-order valence-corrected chi connectivity index (χ4v) is 2.64. The van der Waals surface area contributed by atoms with Gasteiger partial charge < -0.3 is 24.4 Å². The molecule has 0 saturated carbocycles. The molecule has 2 aromatic carbocycles. The van der Waals surface area contributed by atoms with Gasteiger partial charge in [-0.15, -0.1) is 0 Å². The summed E-state index contributed by atoms with van der Waals surface area (Å²) in [5.41, 5.74) is 7.34. The maximum atomic E-state index is 12.0. The third kappa shape index (κ3) is 4.32. The summed E-state index contributed by atoms with van der Waals surface area (Å²) in [6.07, 6.45) is 2.93. The van der Waals surface area contributed by atoms with Crippen LogP contribution in [0.2, 0.25) is 0 Å². The highest BCUT2D eigenvalue weighted by Crippen LogP contribution is 2.33. The van der Waals surface area contributed by atoms with Crippen LogP contribution in [0.5, 0.6) is 11.5 Å². The lowest BCUT2D eigenvalue weighted by Gasteiger charge is -2.11. The van der Waals surface area contributed by atoms with Crippen LogP contribution >= 0.6 is 0 Å². The van der Waals surface area contributed by atoms with Crippen molar-refractivity contribution < 1.29 is 23.4 Å². The van der Waals surface area contributed by atoms with Gasteiger partial charge in [0.2, 0.25) is 0 Å². The number of benzene rings is 2. The third-order valence-corrected chi connectivity index (χ3v) is 4.05. The summed E-state index contributed by atoms with van der Waals surface area (Å²) < 4.78 is 21.0. The summed E-state index contributed by atoms with van der Waals surface area (Å²) >= 11 is 0. The number of carbonyl (C=O) groups is 1. The molecule has 0 saturated heterocycles. The molecule has 7 heteroatoms. The lowest BCUT2D eigenvalue weighted by Crippen LogP contribution is -2.06. The number of hydrogen-bond donors (Lipinski definition) is 1. The zero-order valence-corrected chi connectivity index (χ0v) is 15.4. The van der Waals surface area contributed by atoms with Gasteiger partial charge in [-0.3, -0.25) is 0 Å². The maximum Gasteiger partial charge on any atom is 0.336 e. The number of methoxy groups -OCH3 is 2. The number of fused-ring (bicyclic) bond motifs is 1. The zero-order valence-electron chi connectivity index (χ0n) is 15.4. The summed E-state index contributed by atoms with van der Waals surface area (Å²) in [5, 5.41) is 0.590. The quantitative estimate of drug-likeness (QED) is 0.303. The van der Waals surface area contributed by atoms with Crippen molar-refractivity contribution in [3.8, 4) is 11.5 Å². The first-order valence-electron chi connectivity index (χ1n) is 8.39. The average molecular weight is 381 g/mol. The van der Waals surface area contributed by atoms with Gasteiger partial charge in [0.05, 0.1) is 14.2 Å². The number of anilines is 1. The molecular formula is C21H19NO6. The molecule has 0 aliphatic carbocycles.